The molecule has 0 amide bonds. The first-order valence-electron chi connectivity index (χ1n) is 10.6. The second-order valence-corrected chi connectivity index (χ2v) is 7.74. The maximum Gasteiger partial charge on any atom is 0.325 e. The van der Waals surface area contributed by atoms with Crippen LogP contribution in [0.15, 0.2) is 66.4 Å². The molecule has 0 N–H and O–H groups in total. The summed E-state index contributed by atoms with van der Waals surface area (Å²) in [5, 5.41) is 0. The van der Waals surface area contributed by atoms with Gasteiger partial charge in [-0.3, -0.25) is 14.6 Å². The number of esters is 1. The first-order chi connectivity index (χ1) is 14.6. The molecule has 1 heterocycles. The van der Waals surface area contributed by atoms with E-state index in [4.69, 9.17) is 9.47 Å². The van der Waals surface area contributed by atoms with E-state index in [1.807, 2.05) is 55.6 Å². The molecule has 5 heteroatoms. The number of allylic oxidation sites excluding steroid dienone is 1. The highest BCUT2D eigenvalue weighted by atomic mass is 16.5. The van der Waals surface area contributed by atoms with Crippen LogP contribution in [0, 0.1) is 6.92 Å². The molecule has 5 nitrogen and oxygen atoms in total. The second-order valence-electron chi connectivity index (χ2n) is 7.74. The van der Waals surface area contributed by atoms with Crippen molar-refractivity contribution in [2.45, 2.75) is 32.9 Å². The zero-order valence-electron chi connectivity index (χ0n) is 18.2. The number of likely N-dealkylation sites (N-methyl/N-ethyl adjacent to an activating group) is 1. The highest BCUT2D eigenvalue weighted by Crippen LogP contribution is 2.20. The number of nitrogens with zero attached hydrogens (tertiary/aromatic N) is 2. The normalized spacial score (nSPS) is 18.2. The minimum absolute atomic E-state index is 0.165. The van der Waals surface area contributed by atoms with Gasteiger partial charge in [0.25, 0.3) is 0 Å². The minimum atomic E-state index is -0.252. The van der Waals surface area contributed by atoms with Crippen LogP contribution in [0.5, 0.6) is 5.75 Å². The molecule has 0 saturated carbocycles. The third kappa shape index (κ3) is 6.18. The van der Waals surface area contributed by atoms with E-state index in [2.05, 4.69) is 35.8 Å². The van der Waals surface area contributed by atoms with Crippen molar-refractivity contribution in [1.82, 2.24) is 9.80 Å². The van der Waals surface area contributed by atoms with Crippen LogP contribution in [0.1, 0.15) is 24.5 Å². The van der Waals surface area contributed by atoms with Gasteiger partial charge >= 0.3 is 5.97 Å². The molecule has 1 aliphatic heterocycles. The lowest BCUT2D eigenvalue weighted by Gasteiger charge is -2.37. The molecule has 0 spiro atoms. The van der Waals surface area contributed by atoms with Gasteiger partial charge in [-0.2, -0.15) is 0 Å². The van der Waals surface area contributed by atoms with Gasteiger partial charge in [0.05, 0.1) is 0 Å². The smallest absolute Gasteiger partial charge is 0.325 e. The largest absolute Gasteiger partial charge is 0.462 e. The number of hydrogen-bond acceptors (Lipinski definition) is 5. The maximum atomic E-state index is 12.7. The molecule has 1 aliphatic rings. The van der Waals surface area contributed by atoms with Gasteiger partial charge in [0, 0.05) is 32.6 Å². The molecule has 2 aromatic rings. The van der Waals surface area contributed by atoms with Gasteiger partial charge in [-0.15, -0.1) is 0 Å². The molecule has 1 unspecified atom stereocenters. The van der Waals surface area contributed by atoms with E-state index in [0.29, 0.717) is 13.2 Å². The van der Waals surface area contributed by atoms with Gasteiger partial charge < -0.3 is 9.47 Å². The lowest BCUT2D eigenvalue weighted by molar-refractivity contribution is -0.153. The SMILES string of the molecule is CC/C(=C\CN1CCN(C)C(C(=O)OCc2ccccc2)C1)Oc1ccccc1C. The first kappa shape index (κ1) is 22.1. The third-order valence-corrected chi connectivity index (χ3v) is 5.49. The molecule has 3 rings (SSSR count). The number of carbonyl (C=O) groups excluding carboxylic acids is 1. The van der Waals surface area contributed by atoms with Gasteiger partial charge in [0.1, 0.15) is 24.2 Å². The van der Waals surface area contributed by atoms with E-state index in [0.717, 1.165) is 48.7 Å². The Kier molecular flexibility index (Phi) is 8.05. The number of para-hydroxylation sites is 1. The minimum Gasteiger partial charge on any atom is -0.462 e. The van der Waals surface area contributed by atoms with Crippen LogP contribution >= 0.6 is 0 Å². The molecule has 1 atom stereocenters. The van der Waals surface area contributed by atoms with Crippen molar-refractivity contribution < 1.29 is 14.3 Å². The molecular formula is C25H32N2O3. The van der Waals surface area contributed by atoms with E-state index < -0.39 is 0 Å². The Bertz CT molecular complexity index is 850. The van der Waals surface area contributed by atoms with Crippen LogP contribution in [-0.4, -0.2) is 55.0 Å². The van der Waals surface area contributed by atoms with Gasteiger partial charge in [0.15, 0.2) is 0 Å². The number of ether oxygens (including phenoxy) is 2. The Morgan fingerprint density at radius 1 is 1.10 bits per heavy atom. The number of piperazine rings is 1. The molecule has 0 bridgehead atoms. The van der Waals surface area contributed by atoms with Gasteiger partial charge in [-0.05, 0) is 37.2 Å². The van der Waals surface area contributed by atoms with Crippen molar-refractivity contribution >= 4 is 5.97 Å². The van der Waals surface area contributed by atoms with Crippen molar-refractivity contribution in [2.75, 3.05) is 33.2 Å². The number of hydrogen-bond donors (Lipinski definition) is 0. The van der Waals surface area contributed by atoms with Gasteiger partial charge in [0.2, 0.25) is 0 Å². The average molecular weight is 409 g/mol. The summed E-state index contributed by atoms with van der Waals surface area (Å²) < 4.78 is 11.7. The summed E-state index contributed by atoms with van der Waals surface area (Å²) in [6.45, 7) is 7.62. The molecule has 2 aromatic carbocycles. The van der Waals surface area contributed by atoms with Crippen molar-refractivity contribution in [3.8, 4) is 5.75 Å². The maximum absolute atomic E-state index is 12.7. The lowest BCUT2D eigenvalue weighted by atomic mass is 10.1. The fourth-order valence-corrected chi connectivity index (χ4v) is 3.48. The molecule has 1 saturated heterocycles. The van der Waals surface area contributed by atoms with Crippen LogP contribution in [0.2, 0.25) is 0 Å². The highest BCUT2D eigenvalue weighted by molar-refractivity contribution is 5.76. The lowest BCUT2D eigenvalue weighted by Crippen LogP contribution is -2.55. The van der Waals surface area contributed by atoms with Gasteiger partial charge in [-0.25, -0.2) is 0 Å². The Morgan fingerprint density at radius 2 is 1.83 bits per heavy atom. The third-order valence-electron chi connectivity index (χ3n) is 5.49. The Labute approximate surface area is 179 Å². The van der Waals surface area contributed by atoms with E-state index in [9.17, 15) is 4.79 Å². The van der Waals surface area contributed by atoms with Crippen LogP contribution in [0.3, 0.4) is 0 Å². The van der Waals surface area contributed by atoms with Crippen molar-refractivity contribution in [2.24, 2.45) is 0 Å². The first-order valence-corrected chi connectivity index (χ1v) is 10.6. The molecule has 1 fully saturated rings. The van der Waals surface area contributed by atoms with Crippen LogP contribution in [0.25, 0.3) is 0 Å². The molecule has 0 aliphatic carbocycles. The standard InChI is InChI=1S/C25H32N2O3/c1-4-22(30-24-13-9-8-10-20(24)2)14-15-27-17-16-26(3)23(18-27)25(28)29-19-21-11-6-5-7-12-21/h5-14,23H,4,15-19H2,1-3H3/b22-14+. The zero-order chi connectivity index (χ0) is 21.3. The van der Waals surface area contributed by atoms with E-state index in [1.54, 1.807) is 0 Å². The summed E-state index contributed by atoms with van der Waals surface area (Å²) in [7, 11) is 1.99. The molecule has 0 radical (unpaired) electrons. The van der Waals surface area contributed by atoms with E-state index >= 15 is 0 Å². The van der Waals surface area contributed by atoms with Crippen LogP contribution < -0.4 is 4.74 Å². The Morgan fingerprint density at radius 3 is 2.57 bits per heavy atom. The number of rotatable bonds is 8. The highest BCUT2D eigenvalue weighted by Gasteiger charge is 2.30. The summed E-state index contributed by atoms with van der Waals surface area (Å²) >= 11 is 0. The summed E-state index contributed by atoms with van der Waals surface area (Å²) in [6.07, 6.45) is 2.95. The molecular weight excluding hydrogens is 376 g/mol. The van der Waals surface area contributed by atoms with Crippen molar-refractivity contribution in [3.63, 3.8) is 0 Å². The molecule has 160 valence electrons. The van der Waals surface area contributed by atoms with Crippen molar-refractivity contribution in [3.05, 3.63) is 77.6 Å². The monoisotopic (exact) mass is 408 g/mol. The number of benzene rings is 2. The van der Waals surface area contributed by atoms with E-state index in [1.165, 1.54) is 0 Å². The van der Waals surface area contributed by atoms with Crippen molar-refractivity contribution in [1.29, 1.82) is 0 Å². The fourth-order valence-electron chi connectivity index (χ4n) is 3.48. The van der Waals surface area contributed by atoms with E-state index in [-0.39, 0.29) is 12.0 Å². The zero-order valence-corrected chi connectivity index (χ0v) is 18.2. The van der Waals surface area contributed by atoms with Crippen LogP contribution in [0.4, 0.5) is 0 Å². The Hall–Kier alpha value is -2.63. The average Bonchev–Trinajstić information content (AvgIpc) is 2.77. The fraction of sp³-hybridized carbons (Fsp3) is 0.400. The summed E-state index contributed by atoms with van der Waals surface area (Å²) in [6, 6.07) is 17.6. The Balaban J connectivity index is 1.55. The topological polar surface area (TPSA) is 42.0 Å². The molecule has 0 aromatic heterocycles. The van der Waals surface area contributed by atoms with Gasteiger partial charge in [-0.1, -0.05) is 55.5 Å². The number of aryl methyl sites for hydroxylation is 1. The number of carbonyl (C=O) groups is 1. The quantitative estimate of drug-likeness (QED) is 0.487. The predicted molar refractivity (Wildman–Crippen MR) is 119 cm³/mol. The second kappa shape index (κ2) is 11.0. The molecule has 30 heavy (non-hydrogen) atoms. The van der Waals surface area contributed by atoms with Crippen LogP contribution in [-0.2, 0) is 16.1 Å². The summed E-state index contributed by atoms with van der Waals surface area (Å²) in [4.78, 5) is 17.0. The summed E-state index contributed by atoms with van der Waals surface area (Å²) in [5.41, 5.74) is 2.13. The summed E-state index contributed by atoms with van der Waals surface area (Å²) in [5.74, 6) is 1.68. The predicted octanol–water partition coefficient (Wildman–Crippen LogP) is 4.03.